The number of sulfonamides is 1. The van der Waals surface area contributed by atoms with Crippen molar-refractivity contribution in [3.05, 3.63) is 0 Å². The van der Waals surface area contributed by atoms with Gasteiger partial charge < -0.3 is 10.4 Å². The number of hydrogen-bond donors (Lipinski definition) is 2. The summed E-state index contributed by atoms with van der Waals surface area (Å²) in [4.78, 5) is 22.4. The summed E-state index contributed by atoms with van der Waals surface area (Å²) in [5, 5.41) is 11.3. The third-order valence-electron chi connectivity index (χ3n) is 3.75. The van der Waals surface area contributed by atoms with Crippen LogP contribution < -0.4 is 5.32 Å². The van der Waals surface area contributed by atoms with E-state index in [9.17, 15) is 18.0 Å². The largest absolute Gasteiger partial charge is 0.481 e. The molecular weight excluding hydrogens is 340 g/mol. The molecule has 1 saturated heterocycles. The minimum absolute atomic E-state index is 0.0316. The Morgan fingerprint density at radius 2 is 1.96 bits per heavy atom. The normalized spacial score (nSPS) is 17.1. The van der Waals surface area contributed by atoms with Crippen LogP contribution in [-0.4, -0.2) is 66.6 Å². The number of carboxylic acid groups (broad SMARTS) is 1. The van der Waals surface area contributed by atoms with E-state index in [1.54, 1.807) is 0 Å². The van der Waals surface area contributed by atoms with E-state index in [2.05, 4.69) is 5.32 Å². The average molecular weight is 367 g/mol. The third kappa shape index (κ3) is 7.54. The van der Waals surface area contributed by atoms with Crippen LogP contribution in [0.2, 0.25) is 0 Å². The van der Waals surface area contributed by atoms with Crippen molar-refractivity contribution in [1.82, 2.24) is 9.62 Å². The maximum Gasteiger partial charge on any atom is 0.313 e. The predicted octanol–water partition coefficient (Wildman–Crippen LogP) is 0.762. The molecule has 9 heteroatoms. The summed E-state index contributed by atoms with van der Waals surface area (Å²) in [6, 6.07) is 0. The second-order valence-electron chi connectivity index (χ2n) is 5.58. The second kappa shape index (κ2) is 10.1. The van der Waals surface area contributed by atoms with Crippen molar-refractivity contribution in [2.45, 2.75) is 32.6 Å². The Labute approximate surface area is 142 Å². The molecular formula is C14H26N2O5S2. The van der Waals surface area contributed by atoms with Crippen molar-refractivity contribution in [1.29, 1.82) is 0 Å². The third-order valence-corrected chi connectivity index (χ3v) is 6.65. The number of piperidine rings is 1. The molecule has 0 aromatic heterocycles. The first-order valence-electron chi connectivity index (χ1n) is 7.92. The maximum absolute atomic E-state index is 12.1. The standard InChI is InChI=1S/C14H26N2O5S2/c1-2-3-10-23(20,21)16-7-4-12(5-8-16)14(19)15-6-9-22-11-13(17)18/h12H,2-11H2,1H3,(H,15,19)(H,17,18). The first kappa shape index (κ1) is 20.2. The van der Waals surface area contributed by atoms with Gasteiger partial charge in [-0.25, -0.2) is 12.7 Å². The molecule has 1 aliphatic rings. The number of nitrogens with zero attached hydrogens (tertiary/aromatic N) is 1. The summed E-state index contributed by atoms with van der Waals surface area (Å²) < 4.78 is 25.7. The summed E-state index contributed by atoms with van der Waals surface area (Å²) in [5.41, 5.74) is 0. The summed E-state index contributed by atoms with van der Waals surface area (Å²) in [7, 11) is -3.18. The molecule has 1 rings (SSSR count). The zero-order valence-corrected chi connectivity index (χ0v) is 15.1. The molecule has 0 radical (unpaired) electrons. The lowest BCUT2D eigenvalue weighted by molar-refractivity contribution is -0.134. The highest BCUT2D eigenvalue weighted by atomic mass is 32.2. The topological polar surface area (TPSA) is 104 Å². The molecule has 0 aromatic rings. The van der Waals surface area contributed by atoms with E-state index in [0.29, 0.717) is 44.6 Å². The Morgan fingerprint density at radius 1 is 1.30 bits per heavy atom. The van der Waals surface area contributed by atoms with Gasteiger partial charge in [0.1, 0.15) is 0 Å². The molecule has 23 heavy (non-hydrogen) atoms. The number of hydrogen-bond acceptors (Lipinski definition) is 5. The van der Waals surface area contributed by atoms with E-state index in [0.717, 1.165) is 6.42 Å². The lowest BCUT2D eigenvalue weighted by Gasteiger charge is -2.30. The zero-order chi connectivity index (χ0) is 17.3. The van der Waals surface area contributed by atoms with Crippen LogP contribution in [0.25, 0.3) is 0 Å². The highest BCUT2D eigenvalue weighted by molar-refractivity contribution is 7.99. The Hall–Kier alpha value is -0.800. The first-order valence-corrected chi connectivity index (χ1v) is 10.7. The van der Waals surface area contributed by atoms with Crippen LogP contribution in [0, 0.1) is 5.92 Å². The quantitative estimate of drug-likeness (QED) is 0.553. The number of carboxylic acids is 1. The van der Waals surface area contributed by atoms with Gasteiger partial charge in [0.05, 0.1) is 11.5 Å². The van der Waals surface area contributed by atoms with E-state index in [-0.39, 0.29) is 23.3 Å². The molecule has 0 aromatic carbocycles. The van der Waals surface area contributed by atoms with Crippen molar-refractivity contribution in [2.24, 2.45) is 5.92 Å². The van der Waals surface area contributed by atoms with Gasteiger partial charge in [-0.2, -0.15) is 0 Å². The maximum atomic E-state index is 12.1. The van der Waals surface area contributed by atoms with Crippen molar-refractivity contribution in [2.75, 3.05) is 36.9 Å². The number of carbonyl (C=O) groups is 2. The van der Waals surface area contributed by atoms with Gasteiger partial charge in [0.25, 0.3) is 0 Å². The fraction of sp³-hybridized carbons (Fsp3) is 0.857. The molecule has 7 nitrogen and oxygen atoms in total. The highest BCUT2D eigenvalue weighted by Crippen LogP contribution is 2.20. The van der Waals surface area contributed by atoms with E-state index in [4.69, 9.17) is 5.11 Å². The Bertz CT molecular complexity index is 487. The molecule has 0 unspecified atom stereocenters. The molecule has 0 atom stereocenters. The fourth-order valence-corrected chi connectivity index (χ4v) is 4.65. The van der Waals surface area contributed by atoms with E-state index < -0.39 is 16.0 Å². The van der Waals surface area contributed by atoms with Crippen LogP contribution >= 0.6 is 11.8 Å². The van der Waals surface area contributed by atoms with Gasteiger partial charge in [0.2, 0.25) is 15.9 Å². The molecule has 0 saturated carbocycles. The minimum Gasteiger partial charge on any atom is -0.481 e. The fourth-order valence-electron chi connectivity index (χ4n) is 2.40. The van der Waals surface area contributed by atoms with Gasteiger partial charge in [0, 0.05) is 31.3 Å². The van der Waals surface area contributed by atoms with Crippen LogP contribution in [0.1, 0.15) is 32.6 Å². The number of thioether (sulfide) groups is 1. The van der Waals surface area contributed by atoms with Crippen molar-refractivity contribution in [3.8, 4) is 0 Å². The average Bonchev–Trinajstić information content (AvgIpc) is 2.52. The van der Waals surface area contributed by atoms with Crippen LogP contribution in [0.3, 0.4) is 0 Å². The first-order chi connectivity index (χ1) is 10.9. The second-order valence-corrected chi connectivity index (χ2v) is 8.77. The van der Waals surface area contributed by atoms with Gasteiger partial charge in [-0.05, 0) is 19.3 Å². The molecule has 1 aliphatic heterocycles. The van der Waals surface area contributed by atoms with Gasteiger partial charge in [-0.15, -0.1) is 11.8 Å². The van der Waals surface area contributed by atoms with Crippen molar-refractivity contribution < 1.29 is 23.1 Å². The van der Waals surface area contributed by atoms with Gasteiger partial charge in [0.15, 0.2) is 0 Å². The molecule has 1 amide bonds. The van der Waals surface area contributed by atoms with Crippen LogP contribution in [0.5, 0.6) is 0 Å². The molecule has 0 bridgehead atoms. The van der Waals surface area contributed by atoms with E-state index in [1.807, 2.05) is 6.92 Å². The smallest absolute Gasteiger partial charge is 0.313 e. The molecule has 1 heterocycles. The van der Waals surface area contributed by atoms with E-state index >= 15 is 0 Å². The molecule has 0 aliphatic carbocycles. The summed E-state index contributed by atoms with van der Waals surface area (Å²) in [6.07, 6.45) is 2.59. The van der Waals surface area contributed by atoms with Crippen LogP contribution in [-0.2, 0) is 19.6 Å². The van der Waals surface area contributed by atoms with Crippen molar-refractivity contribution >= 4 is 33.7 Å². The minimum atomic E-state index is -3.18. The lowest BCUT2D eigenvalue weighted by atomic mass is 9.97. The SMILES string of the molecule is CCCCS(=O)(=O)N1CCC(C(=O)NCCSCC(=O)O)CC1. The number of rotatable bonds is 10. The number of nitrogens with one attached hydrogen (secondary N) is 1. The lowest BCUT2D eigenvalue weighted by Crippen LogP contribution is -2.44. The van der Waals surface area contributed by atoms with Crippen LogP contribution in [0.4, 0.5) is 0 Å². The van der Waals surface area contributed by atoms with Gasteiger partial charge in [-0.3, -0.25) is 9.59 Å². The van der Waals surface area contributed by atoms with E-state index in [1.165, 1.54) is 16.1 Å². The summed E-state index contributed by atoms with van der Waals surface area (Å²) >= 11 is 1.26. The number of unbranched alkanes of at least 4 members (excludes halogenated alkanes) is 1. The van der Waals surface area contributed by atoms with Gasteiger partial charge >= 0.3 is 5.97 Å². The number of amides is 1. The molecule has 1 fully saturated rings. The number of carbonyl (C=O) groups excluding carboxylic acids is 1. The zero-order valence-electron chi connectivity index (χ0n) is 13.5. The van der Waals surface area contributed by atoms with Crippen LogP contribution in [0.15, 0.2) is 0 Å². The summed E-state index contributed by atoms with van der Waals surface area (Å²) in [5.74, 6) is -0.311. The molecule has 0 spiro atoms. The number of aliphatic carboxylic acids is 1. The Kier molecular flexibility index (Phi) is 8.93. The predicted molar refractivity (Wildman–Crippen MR) is 91.0 cm³/mol. The molecule has 2 N–H and O–H groups in total. The monoisotopic (exact) mass is 366 g/mol. The summed E-state index contributed by atoms with van der Waals surface area (Å²) in [6.45, 7) is 3.20. The van der Waals surface area contributed by atoms with Gasteiger partial charge in [-0.1, -0.05) is 13.3 Å². The highest BCUT2D eigenvalue weighted by Gasteiger charge is 2.30. The molecule has 134 valence electrons. The Balaban J connectivity index is 2.27. The Morgan fingerprint density at radius 3 is 2.52 bits per heavy atom. The van der Waals surface area contributed by atoms with Crippen molar-refractivity contribution in [3.63, 3.8) is 0 Å².